The molecule has 1 aromatic heterocycles. The molecule has 1 aliphatic rings. The highest BCUT2D eigenvalue weighted by atomic mass is 32.1. The highest BCUT2D eigenvalue weighted by Gasteiger charge is 2.25. The summed E-state index contributed by atoms with van der Waals surface area (Å²) in [5.74, 6) is 1.31. The zero-order valence-corrected chi connectivity index (χ0v) is 14.1. The second-order valence-corrected chi connectivity index (χ2v) is 6.36. The summed E-state index contributed by atoms with van der Waals surface area (Å²) in [7, 11) is 1.62. The molecule has 0 unspecified atom stereocenters. The number of rotatable bonds is 7. The maximum atomic E-state index is 12.0. The van der Waals surface area contributed by atoms with E-state index in [0.29, 0.717) is 24.1 Å². The van der Waals surface area contributed by atoms with Gasteiger partial charge in [-0.1, -0.05) is 6.92 Å². The van der Waals surface area contributed by atoms with Crippen molar-refractivity contribution in [1.82, 2.24) is 10.3 Å². The Morgan fingerprint density at radius 2 is 2.22 bits per heavy atom. The van der Waals surface area contributed by atoms with Crippen LogP contribution in [0.5, 0.6) is 11.5 Å². The van der Waals surface area contributed by atoms with E-state index in [9.17, 15) is 4.79 Å². The predicted molar refractivity (Wildman–Crippen MR) is 90.4 cm³/mol. The third kappa shape index (κ3) is 3.82. The van der Waals surface area contributed by atoms with Crippen molar-refractivity contribution in [1.29, 1.82) is 0 Å². The maximum absolute atomic E-state index is 12.0. The second kappa shape index (κ2) is 7.00. The third-order valence-electron chi connectivity index (χ3n) is 3.52. The second-order valence-electron chi connectivity index (χ2n) is 5.50. The minimum atomic E-state index is -0.0927. The first kappa shape index (κ1) is 15.8. The molecule has 1 saturated carbocycles. The Hall–Kier alpha value is -2.08. The quantitative estimate of drug-likeness (QED) is 0.843. The molecule has 0 aliphatic heterocycles. The number of nitrogens with one attached hydrogen (secondary N) is 1. The first-order chi connectivity index (χ1) is 11.2. The zero-order valence-electron chi connectivity index (χ0n) is 13.3. The predicted octanol–water partition coefficient (Wildman–Crippen LogP) is 3.50. The highest BCUT2D eigenvalue weighted by molar-refractivity contribution is 7.13. The summed E-state index contributed by atoms with van der Waals surface area (Å²) in [5, 5.41) is 5.54. The van der Waals surface area contributed by atoms with Gasteiger partial charge in [0.25, 0.3) is 5.91 Å². The number of methoxy groups -OCH3 is 1. The van der Waals surface area contributed by atoms with Crippen LogP contribution in [0.2, 0.25) is 0 Å². The Bertz CT molecular complexity index is 695. The van der Waals surface area contributed by atoms with Gasteiger partial charge in [0.15, 0.2) is 11.5 Å². The van der Waals surface area contributed by atoms with Crippen LogP contribution in [0.3, 0.4) is 0 Å². The number of amides is 1. The van der Waals surface area contributed by atoms with Gasteiger partial charge in [-0.25, -0.2) is 4.98 Å². The molecule has 122 valence electrons. The summed E-state index contributed by atoms with van der Waals surface area (Å²) >= 11 is 1.45. The van der Waals surface area contributed by atoms with Gasteiger partial charge in [-0.15, -0.1) is 11.3 Å². The average Bonchev–Trinajstić information content (AvgIpc) is 3.24. The number of thiazole rings is 1. The molecule has 1 N–H and O–H groups in total. The Morgan fingerprint density at radius 3 is 2.91 bits per heavy atom. The minimum absolute atomic E-state index is 0.0927. The molecule has 6 heteroatoms. The number of benzene rings is 1. The smallest absolute Gasteiger partial charge is 0.270 e. The van der Waals surface area contributed by atoms with Crippen LogP contribution in [-0.4, -0.2) is 30.6 Å². The first-order valence-electron chi connectivity index (χ1n) is 7.79. The van der Waals surface area contributed by atoms with Crippen LogP contribution in [0.1, 0.15) is 36.7 Å². The van der Waals surface area contributed by atoms with Gasteiger partial charge in [-0.2, -0.15) is 0 Å². The van der Waals surface area contributed by atoms with E-state index in [4.69, 9.17) is 9.47 Å². The lowest BCUT2D eigenvalue weighted by Gasteiger charge is -2.10. The number of carbonyl (C=O) groups excluding carboxylic acids is 1. The minimum Gasteiger partial charge on any atom is -0.493 e. The SMILES string of the molecule is CCCOc1ccc(-c2nc(C(=O)NC3CC3)cs2)cc1OC. The molecule has 0 spiro atoms. The van der Waals surface area contributed by atoms with Crippen molar-refractivity contribution in [3.8, 4) is 22.1 Å². The van der Waals surface area contributed by atoms with Gasteiger partial charge >= 0.3 is 0 Å². The van der Waals surface area contributed by atoms with Gasteiger partial charge in [0.1, 0.15) is 10.7 Å². The normalized spacial score (nSPS) is 13.7. The van der Waals surface area contributed by atoms with Crippen molar-refractivity contribution < 1.29 is 14.3 Å². The van der Waals surface area contributed by atoms with Crippen molar-refractivity contribution in [3.05, 3.63) is 29.3 Å². The van der Waals surface area contributed by atoms with Crippen LogP contribution in [0, 0.1) is 0 Å². The fourth-order valence-electron chi connectivity index (χ4n) is 2.13. The fourth-order valence-corrected chi connectivity index (χ4v) is 2.93. The average molecular weight is 332 g/mol. The van der Waals surface area contributed by atoms with Gasteiger partial charge in [-0.3, -0.25) is 4.79 Å². The van der Waals surface area contributed by atoms with E-state index in [-0.39, 0.29) is 5.91 Å². The third-order valence-corrected chi connectivity index (χ3v) is 4.41. The van der Waals surface area contributed by atoms with Crippen LogP contribution < -0.4 is 14.8 Å². The topological polar surface area (TPSA) is 60.5 Å². The highest BCUT2D eigenvalue weighted by Crippen LogP contribution is 2.34. The molecule has 1 aromatic carbocycles. The molecule has 0 bridgehead atoms. The molecule has 1 heterocycles. The number of hydrogen-bond acceptors (Lipinski definition) is 5. The summed E-state index contributed by atoms with van der Waals surface area (Å²) in [4.78, 5) is 16.5. The molecule has 0 saturated heterocycles. The Morgan fingerprint density at radius 1 is 1.39 bits per heavy atom. The van der Waals surface area contributed by atoms with Crippen molar-refractivity contribution in [3.63, 3.8) is 0 Å². The van der Waals surface area contributed by atoms with Crippen LogP contribution in [0.25, 0.3) is 10.6 Å². The molecular formula is C17H20N2O3S. The monoisotopic (exact) mass is 332 g/mol. The van der Waals surface area contributed by atoms with Crippen molar-refractivity contribution >= 4 is 17.2 Å². The summed E-state index contributed by atoms with van der Waals surface area (Å²) in [6.45, 7) is 2.71. The van der Waals surface area contributed by atoms with Crippen molar-refractivity contribution in [2.45, 2.75) is 32.2 Å². The van der Waals surface area contributed by atoms with Crippen molar-refractivity contribution in [2.75, 3.05) is 13.7 Å². The number of nitrogens with zero attached hydrogens (tertiary/aromatic N) is 1. The molecule has 1 fully saturated rings. The number of aromatic nitrogens is 1. The van der Waals surface area contributed by atoms with Crippen LogP contribution in [0.4, 0.5) is 0 Å². The first-order valence-corrected chi connectivity index (χ1v) is 8.66. The maximum Gasteiger partial charge on any atom is 0.270 e. The summed E-state index contributed by atoms with van der Waals surface area (Å²) in [5.41, 5.74) is 1.39. The Labute approximate surface area is 139 Å². The lowest BCUT2D eigenvalue weighted by atomic mass is 10.2. The molecule has 0 atom stereocenters. The van der Waals surface area contributed by atoms with Crippen LogP contribution >= 0.6 is 11.3 Å². The van der Waals surface area contributed by atoms with E-state index < -0.39 is 0 Å². The van der Waals surface area contributed by atoms with E-state index in [0.717, 1.165) is 35.6 Å². The zero-order chi connectivity index (χ0) is 16.2. The lowest BCUT2D eigenvalue weighted by molar-refractivity contribution is 0.0947. The van der Waals surface area contributed by atoms with Crippen LogP contribution in [0.15, 0.2) is 23.6 Å². The van der Waals surface area contributed by atoms with Gasteiger partial charge < -0.3 is 14.8 Å². The van der Waals surface area contributed by atoms with Crippen molar-refractivity contribution in [2.24, 2.45) is 0 Å². The summed E-state index contributed by atoms with van der Waals surface area (Å²) in [6, 6.07) is 6.05. The van der Waals surface area contributed by atoms with E-state index >= 15 is 0 Å². The van der Waals surface area contributed by atoms with Gasteiger partial charge in [0.2, 0.25) is 0 Å². The number of ether oxygens (including phenoxy) is 2. The summed E-state index contributed by atoms with van der Waals surface area (Å²) < 4.78 is 11.0. The molecule has 3 rings (SSSR count). The largest absolute Gasteiger partial charge is 0.493 e. The van der Waals surface area contributed by atoms with E-state index in [1.54, 1.807) is 12.5 Å². The van der Waals surface area contributed by atoms with Crippen LogP contribution in [-0.2, 0) is 0 Å². The molecule has 2 aromatic rings. The van der Waals surface area contributed by atoms with E-state index in [1.165, 1.54) is 11.3 Å². The Balaban J connectivity index is 1.78. The molecule has 1 amide bonds. The lowest BCUT2D eigenvalue weighted by Crippen LogP contribution is -2.25. The van der Waals surface area contributed by atoms with Gasteiger partial charge in [-0.05, 0) is 37.5 Å². The standard InChI is InChI=1S/C17H20N2O3S/c1-3-8-22-14-7-4-11(9-15(14)21-2)17-19-13(10-23-17)16(20)18-12-5-6-12/h4,7,9-10,12H,3,5-6,8H2,1-2H3,(H,18,20). The molecule has 23 heavy (non-hydrogen) atoms. The molecule has 5 nitrogen and oxygen atoms in total. The summed E-state index contributed by atoms with van der Waals surface area (Å²) in [6.07, 6.45) is 3.08. The fraction of sp³-hybridized carbons (Fsp3) is 0.412. The molecule has 1 aliphatic carbocycles. The molecule has 0 radical (unpaired) electrons. The number of hydrogen-bond donors (Lipinski definition) is 1. The number of carbonyl (C=O) groups is 1. The van der Waals surface area contributed by atoms with E-state index in [1.807, 2.05) is 18.2 Å². The Kier molecular flexibility index (Phi) is 4.81. The molecular weight excluding hydrogens is 312 g/mol. The van der Waals surface area contributed by atoms with Gasteiger partial charge in [0.05, 0.1) is 13.7 Å². The van der Waals surface area contributed by atoms with E-state index in [2.05, 4.69) is 17.2 Å². The van der Waals surface area contributed by atoms with Gasteiger partial charge in [0, 0.05) is 17.0 Å².